The van der Waals surface area contributed by atoms with Gasteiger partial charge in [-0.15, -0.1) is 0 Å². The van der Waals surface area contributed by atoms with E-state index in [0.29, 0.717) is 16.8 Å². The van der Waals surface area contributed by atoms with Gasteiger partial charge in [-0.05, 0) is 12.1 Å². The lowest BCUT2D eigenvalue weighted by molar-refractivity contribution is -0.125. The van der Waals surface area contributed by atoms with Crippen LogP contribution in [0, 0.1) is 11.3 Å². The molecule has 0 saturated heterocycles. The van der Waals surface area contributed by atoms with Crippen molar-refractivity contribution in [3.63, 3.8) is 0 Å². The minimum Gasteiger partial charge on any atom is -0.408 e. The summed E-state index contributed by atoms with van der Waals surface area (Å²) >= 11 is 0. The van der Waals surface area contributed by atoms with Crippen LogP contribution in [0.15, 0.2) is 39.2 Å². The number of carbonyl (C=O) groups is 2. The SMILES string of the molecule is Cn1c(=O)oc2cc(N3C=C(C#N)C(=O)CC3=O)ccc21. The summed E-state index contributed by atoms with van der Waals surface area (Å²) in [7, 11) is 1.58. The first-order chi connectivity index (χ1) is 10.0. The third-order valence-corrected chi connectivity index (χ3v) is 3.31. The van der Waals surface area contributed by atoms with E-state index in [1.165, 1.54) is 21.7 Å². The molecular weight excluding hydrogens is 274 g/mol. The van der Waals surface area contributed by atoms with Gasteiger partial charge >= 0.3 is 5.76 Å². The van der Waals surface area contributed by atoms with Crippen molar-refractivity contribution < 1.29 is 14.0 Å². The van der Waals surface area contributed by atoms with Gasteiger partial charge in [0.05, 0.1) is 17.6 Å². The molecule has 0 unspecified atom stereocenters. The molecule has 21 heavy (non-hydrogen) atoms. The molecule has 0 aliphatic carbocycles. The number of ketones is 1. The summed E-state index contributed by atoms with van der Waals surface area (Å²) in [4.78, 5) is 36.1. The van der Waals surface area contributed by atoms with Crippen molar-refractivity contribution >= 4 is 28.5 Å². The fraction of sp³-hybridized carbons (Fsp3) is 0.143. The number of hydrogen-bond acceptors (Lipinski definition) is 5. The standard InChI is InChI=1S/C14H9N3O4/c1-16-10-3-2-9(4-12(10)21-14(16)20)17-7-8(6-15)11(18)5-13(17)19/h2-4,7H,5H2,1H3. The number of nitrogens with zero attached hydrogens (tertiary/aromatic N) is 3. The molecule has 104 valence electrons. The summed E-state index contributed by atoms with van der Waals surface area (Å²) in [5.41, 5.74) is 1.27. The highest BCUT2D eigenvalue weighted by atomic mass is 16.4. The molecule has 0 bridgehead atoms. The Hall–Kier alpha value is -3.14. The topological polar surface area (TPSA) is 96.3 Å². The number of nitriles is 1. The van der Waals surface area contributed by atoms with Gasteiger partial charge in [0.15, 0.2) is 11.4 Å². The predicted molar refractivity (Wildman–Crippen MR) is 72.3 cm³/mol. The molecule has 0 atom stereocenters. The summed E-state index contributed by atoms with van der Waals surface area (Å²) < 4.78 is 6.40. The minimum absolute atomic E-state index is 0.0794. The largest absolute Gasteiger partial charge is 0.419 e. The number of hydrogen-bond donors (Lipinski definition) is 0. The summed E-state index contributed by atoms with van der Waals surface area (Å²) in [5, 5.41) is 8.88. The molecular formula is C14H9N3O4. The molecule has 1 aliphatic heterocycles. The fourth-order valence-corrected chi connectivity index (χ4v) is 2.17. The van der Waals surface area contributed by atoms with Crippen molar-refractivity contribution in [1.29, 1.82) is 5.26 Å². The lowest BCUT2D eigenvalue weighted by Crippen LogP contribution is -2.33. The Labute approximate surface area is 118 Å². The van der Waals surface area contributed by atoms with Gasteiger partial charge in [-0.25, -0.2) is 4.79 Å². The number of rotatable bonds is 1. The van der Waals surface area contributed by atoms with Crippen LogP contribution in [-0.4, -0.2) is 16.3 Å². The third kappa shape index (κ3) is 1.94. The van der Waals surface area contributed by atoms with E-state index >= 15 is 0 Å². The number of fused-ring (bicyclic) bond motifs is 1. The fourth-order valence-electron chi connectivity index (χ4n) is 2.17. The van der Waals surface area contributed by atoms with Gasteiger partial charge < -0.3 is 4.42 Å². The maximum Gasteiger partial charge on any atom is 0.419 e. The van der Waals surface area contributed by atoms with Gasteiger partial charge in [-0.3, -0.25) is 19.1 Å². The van der Waals surface area contributed by atoms with Gasteiger partial charge in [0.2, 0.25) is 5.91 Å². The number of allylic oxidation sites excluding steroid dienone is 1. The number of oxazole rings is 1. The zero-order valence-electron chi connectivity index (χ0n) is 11.0. The predicted octanol–water partition coefficient (Wildman–Crippen LogP) is 0.845. The molecule has 1 amide bonds. The lowest BCUT2D eigenvalue weighted by atomic mass is 10.1. The van der Waals surface area contributed by atoms with Crippen LogP contribution in [-0.2, 0) is 16.6 Å². The number of Topliss-reactive ketones (excluding diaryl/α,β-unsaturated/α-hetero) is 1. The first-order valence-corrected chi connectivity index (χ1v) is 6.08. The molecule has 1 aromatic heterocycles. The summed E-state index contributed by atoms with van der Waals surface area (Å²) in [5.74, 6) is -1.43. The van der Waals surface area contributed by atoms with Crippen LogP contribution in [0.3, 0.4) is 0 Å². The van der Waals surface area contributed by atoms with E-state index in [2.05, 4.69) is 0 Å². The van der Waals surface area contributed by atoms with Crippen LogP contribution in [0.1, 0.15) is 6.42 Å². The Balaban J connectivity index is 2.14. The number of anilines is 1. The molecule has 2 heterocycles. The summed E-state index contributed by atoms with van der Waals surface area (Å²) in [6.45, 7) is 0. The summed E-state index contributed by atoms with van der Waals surface area (Å²) in [6, 6.07) is 6.55. The third-order valence-electron chi connectivity index (χ3n) is 3.31. The highest BCUT2D eigenvalue weighted by Crippen LogP contribution is 2.25. The quantitative estimate of drug-likeness (QED) is 0.723. The van der Waals surface area contributed by atoms with E-state index < -0.39 is 17.4 Å². The molecule has 0 radical (unpaired) electrons. The lowest BCUT2D eigenvalue weighted by Gasteiger charge is -2.22. The molecule has 3 rings (SSSR count). The summed E-state index contributed by atoms with van der Waals surface area (Å²) in [6.07, 6.45) is 0.854. The number of benzene rings is 1. The van der Waals surface area contributed by atoms with Gasteiger partial charge in [-0.1, -0.05) is 0 Å². The van der Waals surface area contributed by atoms with E-state index in [-0.39, 0.29) is 12.0 Å². The molecule has 0 saturated carbocycles. The van der Waals surface area contributed by atoms with E-state index in [9.17, 15) is 14.4 Å². The average Bonchev–Trinajstić information content (AvgIpc) is 2.74. The number of carbonyl (C=O) groups excluding carboxylic acids is 2. The Morgan fingerprint density at radius 2 is 2.05 bits per heavy atom. The zero-order chi connectivity index (χ0) is 15.1. The maximum atomic E-state index is 11.9. The molecule has 2 aromatic rings. The van der Waals surface area contributed by atoms with Gasteiger partial charge in [0, 0.05) is 19.3 Å². The highest BCUT2D eigenvalue weighted by molar-refractivity contribution is 6.17. The zero-order valence-corrected chi connectivity index (χ0v) is 11.0. The molecule has 7 nitrogen and oxygen atoms in total. The van der Waals surface area contributed by atoms with Crippen molar-refractivity contribution in [2.24, 2.45) is 7.05 Å². The van der Waals surface area contributed by atoms with Crippen LogP contribution in [0.2, 0.25) is 0 Å². The molecule has 7 heteroatoms. The number of aryl methyl sites for hydroxylation is 1. The van der Waals surface area contributed by atoms with E-state index in [0.717, 1.165) is 0 Å². The average molecular weight is 283 g/mol. The van der Waals surface area contributed by atoms with Crippen LogP contribution in [0.4, 0.5) is 5.69 Å². The molecule has 0 spiro atoms. The second-order valence-corrected chi connectivity index (χ2v) is 4.60. The smallest absolute Gasteiger partial charge is 0.408 e. The van der Waals surface area contributed by atoms with Gasteiger partial charge in [-0.2, -0.15) is 5.26 Å². The normalized spacial score (nSPS) is 15.2. The molecule has 0 N–H and O–H groups in total. The Morgan fingerprint density at radius 3 is 2.76 bits per heavy atom. The van der Waals surface area contributed by atoms with Gasteiger partial charge in [0.25, 0.3) is 0 Å². The second-order valence-electron chi connectivity index (χ2n) is 4.60. The van der Waals surface area contributed by atoms with Crippen LogP contribution >= 0.6 is 0 Å². The maximum absolute atomic E-state index is 11.9. The van der Waals surface area contributed by atoms with Crippen molar-refractivity contribution in [3.05, 3.63) is 40.5 Å². The van der Waals surface area contributed by atoms with E-state index in [1.54, 1.807) is 25.2 Å². The van der Waals surface area contributed by atoms with Crippen molar-refractivity contribution in [2.75, 3.05) is 4.90 Å². The monoisotopic (exact) mass is 283 g/mol. The Bertz CT molecular complexity index is 910. The molecule has 0 fully saturated rings. The van der Waals surface area contributed by atoms with Crippen LogP contribution in [0.5, 0.6) is 0 Å². The number of amides is 1. The van der Waals surface area contributed by atoms with Crippen molar-refractivity contribution in [1.82, 2.24) is 4.57 Å². The van der Waals surface area contributed by atoms with Gasteiger partial charge in [0.1, 0.15) is 11.6 Å². The number of aromatic nitrogens is 1. The van der Waals surface area contributed by atoms with Crippen LogP contribution in [0.25, 0.3) is 11.1 Å². The molecule has 1 aliphatic rings. The Kier molecular flexibility index (Phi) is 2.73. The van der Waals surface area contributed by atoms with E-state index in [4.69, 9.17) is 9.68 Å². The first-order valence-electron chi connectivity index (χ1n) is 6.08. The van der Waals surface area contributed by atoms with Crippen LogP contribution < -0.4 is 10.7 Å². The minimum atomic E-state index is -0.504. The second kappa shape index (κ2) is 4.45. The Morgan fingerprint density at radius 1 is 1.29 bits per heavy atom. The molecule has 1 aromatic carbocycles. The van der Waals surface area contributed by atoms with Crippen molar-refractivity contribution in [3.8, 4) is 6.07 Å². The van der Waals surface area contributed by atoms with Crippen molar-refractivity contribution in [2.45, 2.75) is 6.42 Å². The first kappa shape index (κ1) is 12.9. The highest BCUT2D eigenvalue weighted by Gasteiger charge is 2.27. The van der Waals surface area contributed by atoms with E-state index in [1.807, 2.05) is 0 Å².